The lowest BCUT2D eigenvalue weighted by atomic mass is 10.1. The number of nitrogens with one attached hydrogen (secondary N) is 1. The number of fused-ring (bicyclic) bond motifs is 1. The Balaban J connectivity index is 1.41. The second-order valence-corrected chi connectivity index (χ2v) is 9.59. The fraction of sp³-hybridized carbons (Fsp3) is 0.185. The molecule has 0 aliphatic carbocycles. The Morgan fingerprint density at radius 1 is 1.03 bits per heavy atom. The van der Waals surface area contributed by atoms with Crippen molar-refractivity contribution < 1.29 is 9.53 Å². The third kappa shape index (κ3) is 4.33. The molecule has 0 saturated carbocycles. The number of hydrogen-bond donors (Lipinski definition) is 1. The summed E-state index contributed by atoms with van der Waals surface area (Å²) in [6.07, 6.45) is 1.74. The van der Waals surface area contributed by atoms with Crippen LogP contribution >= 0.6 is 11.8 Å². The van der Waals surface area contributed by atoms with Gasteiger partial charge in [0.1, 0.15) is 17.4 Å². The zero-order valence-electron chi connectivity index (χ0n) is 20.0. The van der Waals surface area contributed by atoms with E-state index in [1.54, 1.807) is 6.08 Å². The average molecular weight is 484 g/mol. The lowest BCUT2D eigenvalue weighted by Gasteiger charge is -2.20. The summed E-state index contributed by atoms with van der Waals surface area (Å²) in [5.41, 5.74) is 6.65. The number of carbonyl (C=O) groups excluding carboxylic acids is 1. The van der Waals surface area contributed by atoms with Gasteiger partial charge in [0.2, 0.25) is 5.17 Å². The number of aryl methyl sites for hydroxylation is 3. The van der Waals surface area contributed by atoms with Crippen molar-refractivity contribution in [1.82, 2.24) is 9.58 Å². The maximum absolute atomic E-state index is 12.9. The van der Waals surface area contributed by atoms with E-state index in [1.807, 2.05) is 50.2 Å². The molecule has 3 aromatic rings. The van der Waals surface area contributed by atoms with Gasteiger partial charge in [-0.2, -0.15) is 15.1 Å². The molecule has 8 heteroatoms. The van der Waals surface area contributed by atoms with Crippen molar-refractivity contribution in [3.05, 3.63) is 88.2 Å². The molecule has 2 aliphatic rings. The van der Waals surface area contributed by atoms with Gasteiger partial charge in [-0.3, -0.25) is 10.2 Å². The summed E-state index contributed by atoms with van der Waals surface area (Å²) in [5.74, 6) is 0.303. The van der Waals surface area contributed by atoms with Gasteiger partial charge in [0, 0.05) is 17.1 Å². The van der Waals surface area contributed by atoms with Crippen molar-refractivity contribution in [3.63, 3.8) is 0 Å². The molecule has 1 aromatic heterocycles. The molecule has 0 saturated heterocycles. The molecule has 0 fully saturated rings. The van der Waals surface area contributed by atoms with Gasteiger partial charge >= 0.3 is 0 Å². The summed E-state index contributed by atoms with van der Waals surface area (Å²) >= 11 is 1.25. The molecule has 176 valence electrons. The van der Waals surface area contributed by atoms with Crippen LogP contribution in [0.1, 0.15) is 28.1 Å². The van der Waals surface area contributed by atoms with Crippen LogP contribution in [0.25, 0.3) is 11.8 Å². The maximum atomic E-state index is 12.9. The topological polar surface area (TPSA) is 83.0 Å². The molecule has 5 rings (SSSR count). The van der Waals surface area contributed by atoms with E-state index < -0.39 is 5.91 Å². The monoisotopic (exact) mass is 483 g/mol. The second kappa shape index (κ2) is 9.03. The van der Waals surface area contributed by atoms with Gasteiger partial charge in [-0.1, -0.05) is 24.3 Å². The minimum absolute atomic E-state index is 0.0122. The lowest BCUT2D eigenvalue weighted by Crippen LogP contribution is -2.35. The summed E-state index contributed by atoms with van der Waals surface area (Å²) in [6.45, 7) is 8.48. The standard InChI is InChI=1S/C27H25N5O2S/c1-16-10-11-21(12-17(16)2)31-18(3)13-20(19(31)4)14-23-25(28)32-27(29-26(23)33)35-24(30-32)15-34-22-8-6-5-7-9-22/h5-14,28H,15H2,1-4H3/b23-14+,28-25?. The summed E-state index contributed by atoms with van der Waals surface area (Å²) in [5, 5.41) is 15.6. The number of aliphatic imine (C=N–C) groups is 1. The quantitative estimate of drug-likeness (QED) is 0.492. The number of amidine groups is 2. The zero-order chi connectivity index (χ0) is 24.7. The van der Waals surface area contributed by atoms with Crippen molar-refractivity contribution in [1.29, 1.82) is 5.41 Å². The molecule has 2 aromatic carbocycles. The average Bonchev–Trinajstić information content (AvgIpc) is 3.37. The van der Waals surface area contributed by atoms with E-state index in [0.29, 0.717) is 10.2 Å². The Bertz CT molecular complexity index is 1450. The van der Waals surface area contributed by atoms with E-state index in [0.717, 1.165) is 28.4 Å². The molecule has 1 N–H and O–H groups in total. The zero-order valence-corrected chi connectivity index (χ0v) is 20.8. The molecule has 1 amide bonds. The van der Waals surface area contributed by atoms with E-state index in [9.17, 15) is 4.79 Å². The molecule has 0 spiro atoms. The first kappa shape index (κ1) is 22.9. The van der Waals surface area contributed by atoms with Crippen LogP contribution < -0.4 is 4.74 Å². The van der Waals surface area contributed by atoms with Crippen LogP contribution in [0, 0.1) is 33.1 Å². The summed E-state index contributed by atoms with van der Waals surface area (Å²) in [4.78, 5) is 17.1. The third-order valence-corrected chi connectivity index (χ3v) is 7.00. The summed E-state index contributed by atoms with van der Waals surface area (Å²) < 4.78 is 7.92. The highest BCUT2D eigenvalue weighted by molar-refractivity contribution is 8.27. The van der Waals surface area contributed by atoms with Crippen LogP contribution in [0.15, 0.2) is 70.3 Å². The minimum atomic E-state index is -0.440. The van der Waals surface area contributed by atoms with Gasteiger partial charge in [0.25, 0.3) is 5.91 Å². The second-order valence-electron chi connectivity index (χ2n) is 8.55. The third-order valence-electron chi connectivity index (χ3n) is 6.12. The van der Waals surface area contributed by atoms with E-state index in [4.69, 9.17) is 10.1 Å². The number of nitrogens with zero attached hydrogens (tertiary/aromatic N) is 4. The van der Waals surface area contributed by atoms with E-state index in [1.165, 1.54) is 27.9 Å². The minimum Gasteiger partial charge on any atom is -0.487 e. The smallest absolute Gasteiger partial charge is 0.283 e. The van der Waals surface area contributed by atoms with Crippen LogP contribution in [0.3, 0.4) is 0 Å². The predicted molar refractivity (Wildman–Crippen MR) is 142 cm³/mol. The van der Waals surface area contributed by atoms with Gasteiger partial charge in [-0.05, 0) is 92.6 Å². The van der Waals surface area contributed by atoms with E-state index in [2.05, 4.69) is 46.7 Å². The van der Waals surface area contributed by atoms with Crippen LogP contribution in [0.2, 0.25) is 0 Å². The predicted octanol–water partition coefficient (Wildman–Crippen LogP) is 5.41. The van der Waals surface area contributed by atoms with Crippen molar-refractivity contribution >= 4 is 39.8 Å². The molecule has 3 heterocycles. The molecule has 0 atom stereocenters. The number of rotatable bonds is 5. The van der Waals surface area contributed by atoms with Gasteiger partial charge in [0.05, 0.1) is 5.57 Å². The fourth-order valence-electron chi connectivity index (χ4n) is 4.10. The molecule has 7 nitrogen and oxygen atoms in total. The Kier molecular flexibility index (Phi) is 5.90. The number of amides is 1. The number of ether oxygens (including phenoxy) is 1. The number of hydrazone groups is 1. The normalized spacial score (nSPS) is 16.5. The first-order valence-corrected chi connectivity index (χ1v) is 12.1. The maximum Gasteiger partial charge on any atom is 0.283 e. The van der Waals surface area contributed by atoms with Crippen LogP contribution in [0.5, 0.6) is 5.75 Å². The van der Waals surface area contributed by atoms with Crippen molar-refractivity contribution in [3.8, 4) is 11.4 Å². The van der Waals surface area contributed by atoms with Gasteiger partial charge in [-0.15, -0.1) is 0 Å². The van der Waals surface area contributed by atoms with Crippen LogP contribution in [0.4, 0.5) is 0 Å². The Labute approximate surface area is 208 Å². The number of benzene rings is 2. The van der Waals surface area contributed by atoms with Crippen LogP contribution in [-0.2, 0) is 4.79 Å². The molecule has 0 radical (unpaired) electrons. The number of para-hydroxylation sites is 1. The number of aromatic nitrogens is 1. The number of thioether (sulfide) groups is 1. The van der Waals surface area contributed by atoms with Gasteiger partial charge in [-0.25, -0.2) is 0 Å². The van der Waals surface area contributed by atoms with E-state index in [-0.39, 0.29) is 18.0 Å². The first-order valence-electron chi connectivity index (χ1n) is 11.3. The van der Waals surface area contributed by atoms with Crippen LogP contribution in [-0.4, -0.2) is 38.1 Å². The van der Waals surface area contributed by atoms with Crippen molar-refractivity contribution in [2.45, 2.75) is 27.7 Å². The summed E-state index contributed by atoms with van der Waals surface area (Å²) in [7, 11) is 0. The number of hydrogen-bond acceptors (Lipinski definition) is 5. The highest BCUT2D eigenvalue weighted by atomic mass is 32.2. The highest BCUT2D eigenvalue weighted by Crippen LogP contribution is 2.30. The fourth-order valence-corrected chi connectivity index (χ4v) is 4.90. The Morgan fingerprint density at radius 3 is 2.54 bits per heavy atom. The van der Waals surface area contributed by atoms with E-state index >= 15 is 0 Å². The Hall–Kier alpha value is -3.91. The molecule has 0 bridgehead atoms. The largest absolute Gasteiger partial charge is 0.487 e. The first-order chi connectivity index (χ1) is 16.8. The molecular weight excluding hydrogens is 458 g/mol. The van der Waals surface area contributed by atoms with Gasteiger partial charge in [0.15, 0.2) is 5.84 Å². The number of carbonyl (C=O) groups is 1. The summed E-state index contributed by atoms with van der Waals surface area (Å²) in [6, 6.07) is 17.8. The Morgan fingerprint density at radius 2 is 1.80 bits per heavy atom. The molecule has 2 aliphatic heterocycles. The molecule has 0 unspecified atom stereocenters. The molecule has 35 heavy (non-hydrogen) atoms. The SMILES string of the molecule is Cc1ccc(-n2c(C)cc(/C=C3\C(=N)N4N=C(COc5ccccc5)SC4=NC3=O)c2C)cc1C. The lowest BCUT2D eigenvalue weighted by molar-refractivity contribution is -0.114. The van der Waals surface area contributed by atoms with Gasteiger partial charge < -0.3 is 9.30 Å². The molecular formula is C27H25N5O2S. The highest BCUT2D eigenvalue weighted by Gasteiger charge is 2.36. The van der Waals surface area contributed by atoms with Crippen molar-refractivity contribution in [2.24, 2.45) is 10.1 Å². The van der Waals surface area contributed by atoms with Crippen molar-refractivity contribution in [2.75, 3.05) is 6.61 Å².